The Bertz CT molecular complexity index is 1340. The molecule has 0 saturated carbocycles. The summed E-state index contributed by atoms with van der Waals surface area (Å²) in [5.41, 5.74) is -0.0621. The highest BCUT2D eigenvalue weighted by atomic mass is 32.2. The van der Waals surface area contributed by atoms with Crippen molar-refractivity contribution in [3.63, 3.8) is 0 Å². The van der Waals surface area contributed by atoms with E-state index in [1.54, 1.807) is 24.3 Å². The van der Waals surface area contributed by atoms with E-state index >= 15 is 0 Å². The van der Waals surface area contributed by atoms with Gasteiger partial charge in [-0.1, -0.05) is 17.3 Å². The van der Waals surface area contributed by atoms with Gasteiger partial charge in [0.15, 0.2) is 0 Å². The summed E-state index contributed by atoms with van der Waals surface area (Å²) < 4.78 is 72.0. The number of benzene rings is 2. The van der Waals surface area contributed by atoms with Crippen LogP contribution in [0.4, 0.5) is 18.9 Å². The Morgan fingerprint density at radius 2 is 1.78 bits per heavy atom. The quantitative estimate of drug-likeness (QED) is 0.474. The van der Waals surface area contributed by atoms with Gasteiger partial charge in [-0.3, -0.25) is 9.59 Å². The zero-order valence-electron chi connectivity index (χ0n) is 19.4. The van der Waals surface area contributed by atoms with Gasteiger partial charge in [-0.25, -0.2) is 8.42 Å². The Labute approximate surface area is 210 Å². The van der Waals surface area contributed by atoms with Crippen molar-refractivity contribution < 1.29 is 35.7 Å². The van der Waals surface area contributed by atoms with Crippen molar-refractivity contribution in [2.24, 2.45) is 0 Å². The van der Waals surface area contributed by atoms with Gasteiger partial charge >= 0.3 is 6.18 Å². The summed E-state index contributed by atoms with van der Waals surface area (Å²) in [6, 6.07) is 9.81. The van der Waals surface area contributed by atoms with Crippen molar-refractivity contribution in [2.75, 3.05) is 11.9 Å². The molecular formula is C24H23F3N4O5S. The number of carbonyl (C=O) groups excluding carboxylic acids is 2. The third-order valence-corrected chi connectivity index (χ3v) is 7.72. The van der Waals surface area contributed by atoms with Crippen molar-refractivity contribution in [3.05, 3.63) is 77.7 Å². The van der Waals surface area contributed by atoms with E-state index in [1.165, 1.54) is 12.3 Å². The van der Waals surface area contributed by atoms with Crippen LogP contribution in [0.15, 0.2) is 70.2 Å². The molecule has 196 valence electrons. The van der Waals surface area contributed by atoms with Crippen LogP contribution in [0.5, 0.6) is 0 Å². The average molecular weight is 537 g/mol. The molecule has 2 N–H and O–H groups in total. The zero-order valence-corrected chi connectivity index (χ0v) is 20.2. The summed E-state index contributed by atoms with van der Waals surface area (Å²) in [5, 5.41) is 8.79. The second-order valence-corrected chi connectivity index (χ2v) is 10.3. The molecule has 9 nitrogen and oxygen atoms in total. The van der Waals surface area contributed by atoms with Crippen LogP contribution in [-0.4, -0.2) is 42.3 Å². The number of nitrogens with one attached hydrogen (secondary N) is 2. The van der Waals surface area contributed by atoms with Crippen LogP contribution in [0.3, 0.4) is 0 Å². The lowest BCUT2D eigenvalue weighted by Crippen LogP contribution is -2.48. The number of aromatic nitrogens is 1. The predicted molar refractivity (Wildman–Crippen MR) is 126 cm³/mol. The normalized spacial score (nSPS) is 16.8. The van der Waals surface area contributed by atoms with E-state index in [4.69, 9.17) is 4.52 Å². The van der Waals surface area contributed by atoms with Gasteiger partial charge in [0, 0.05) is 24.8 Å². The Hall–Kier alpha value is -3.71. The molecule has 1 aromatic heterocycles. The Morgan fingerprint density at radius 3 is 2.41 bits per heavy atom. The highest BCUT2D eigenvalue weighted by molar-refractivity contribution is 7.89. The first-order valence-corrected chi connectivity index (χ1v) is 12.8. The standard InChI is InChI=1S/C24H23F3N4O5S/c25-24(26,27)17-6-10-19(11-7-17)37(34,35)31(20-3-1-2-13-28-22(20)32)15-16-4-8-18(9-5-16)30-23(33)21-12-14-29-36-21/h4-12,14,20H,1-3,13,15H2,(H,28,32)(H,30,33). The molecule has 1 atom stereocenters. The van der Waals surface area contributed by atoms with E-state index in [1.807, 2.05) is 0 Å². The predicted octanol–water partition coefficient (Wildman–Crippen LogP) is 3.81. The van der Waals surface area contributed by atoms with Gasteiger partial charge in [-0.05, 0) is 61.2 Å². The molecule has 0 radical (unpaired) electrons. The molecule has 0 aliphatic carbocycles. The molecule has 1 aliphatic rings. The molecule has 2 heterocycles. The summed E-state index contributed by atoms with van der Waals surface area (Å²) in [6.45, 7) is 0.195. The Morgan fingerprint density at radius 1 is 1.08 bits per heavy atom. The molecule has 4 rings (SSSR count). The summed E-state index contributed by atoms with van der Waals surface area (Å²) >= 11 is 0. The minimum atomic E-state index is -4.62. The number of nitrogens with zero attached hydrogens (tertiary/aromatic N) is 2. The minimum Gasteiger partial charge on any atom is -0.355 e. The molecule has 1 fully saturated rings. The van der Waals surface area contributed by atoms with Gasteiger partial charge in [0.1, 0.15) is 6.04 Å². The largest absolute Gasteiger partial charge is 0.416 e. The molecule has 13 heteroatoms. The van der Waals surface area contributed by atoms with Crippen molar-refractivity contribution in [1.82, 2.24) is 14.8 Å². The molecule has 1 saturated heterocycles. The van der Waals surface area contributed by atoms with Gasteiger partial charge < -0.3 is 15.2 Å². The molecule has 0 bridgehead atoms. The molecule has 3 aromatic rings. The fraction of sp³-hybridized carbons (Fsp3) is 0.292. The SMILES string of the molecule is O=C(Nc1ccc(CN(C2CCCCNC2=O)S(=O)(=O)c2ccc(C(F)(F)F)cc2)cc1)c1ccno1. The minimum absolute atomic E-state index is 0.0114. The summed E-state index contributed by atoms with van der Waals surface area (Å²) in [4.78, 5) is 24.6. The average Bonchev–Trinajstić information content (AvgIpc) is 3.33. The van der Waals surface area contributed by atoms with E-state index in [9.17, 15) is 31.2 Å². The molecule has 37 heavy (non-hydrogen) atoms. The molecule has 2 amide bonds. The molecule has 2 aromatic carbocycles. The summed E-state index contributed by atoms with van der Waals surface area (Å²) in [5.74, 6) is -0.979. The number of anilines is 1. The second-order valence-electron chi connectivity index (χ2n) is 8.40. The number of sulfonamides is 1. The van der Waals surface area contributed by atoms with Crippen LogP contribution in [-0.2, 0) is 27.5 Å². The third-order valence-electron chi connectivity index (χ3n) is 5.85. The number of hydrogen-bond donors (Lipinski definition) is 2. The number of amides is 2. The topological polar surface area (TPSA) is 122 Å². The van der Waals surface area contributed by atoms with Crippen molar-refractivity contribution in [1.29, 1.82) is 0 Å². The Balaban J connectivity index is 1.61. The Kier molecular flexibility index (Phi) is 7.64. The first-order chi connectivity index (χ1) is 17.6. The fourth-order valence-electron chi connectivity index (χ4n) is 3.91. The van der Waals surface area contributed by atoms with Crippen LogP contribution in [0.1, 0.15) is 40.9 Å². The fourth-order valence-corrected chi connectivity index (χ4v) is 5.52. The number of hydrogen-bond acceptors (Lipinski definition) is 6. The van der Waals surface area contributed by atoms with E-state index in [2.05, 4.69) is 15.8 Å². The third kappa shape index (κ3) is 6.17. The lowest BCUT2D eigenvalue weighted by atomic mass is 10.1. The van der Waals surface area contributed by atoms with Gasteiger partial charge in [0.05, 0.1) is 16.7 Å². The highest BCUT2D eigenvalue weighted by Crippen LogP contribution is 2.31. The van der Waals surface area contributed by atoms with Crippen molar-refractivity contribution in [2.45, 2.75) is 42.9 Å². The lowest BCUT2D eigenvalue weighted by Gasteiger charge is -2.29. The van der Waals surface area contributed by atoms with Gasteiger partial charge in [-0.2, -0.15) is 17.5 Å². The monoisotopic (exact) mass is 536 g/mol. The summed E-state index contributed by atoms with van der Waals surface area (Å²) in [6.07, 6.45) is -1.76. The van der Waals surface area contributed by atoms with Crippen LogP contribution in [0.25, 0.3) is 0 Å². The number of alkyl halides is 3. The second kappa shape index (κ2) is 10.7. The van der Waals surface area contributed by atoms with Gasteiger partial charge in [-0.15, -0.1) is 0 Å². The van der Waals surface area contributed by atoms with Crippen LogP contribution < -0.4 is 10.6 Å². The van der Waals surface area contributed by atoms with Crippen LogP contribution >= 0.6 is 0 Å². The smallest absolute Gasteiger partial charge is 0.355 e. The molecule has 1 aliphatic heterocycles. The maximum atomic E-state index is 13.6. The first-order valence-electron chi connectivity index (χ1n) is 11.3. The van der Waals surface area contributed by atoms with E-state index in [-0.39, 0.29) is 23.6 Å². The van der Waals surface area contributed by atoms with Gasteiger partial charge in [0.25, 0.3) is 5.91 Å². The van der Waals surface area contributed by atoms with Crippen LogP contribution in [0, 0.1) is 0 Å². The van der Waals surface area contributed by atoms with Crippen LogP contribution in [0.2, 0.25) is 0 Å². The summed E-state index contributed by atoms with van der Waals surface area (Å²) in [7, 11) is -4.35. The van der Waals surface area contributed by atoms with Crippen molar-refractivity contribution >= 4 is 27.5 Å². The number of rotatable bonds is 7. The van der Waals surface area contributed by atoms with Crippen molar-refractivity contribution in [3.8, 4) is 0 Å². The lowest BCUT2D eigenvalue weighted by molar-refractivity contribution is -0.137. The zero-order chi connectivity index (χ0) is 26.6. The molecular weight excluding hydrogens is 513 g/mol. The molecule has 1 unspecified atom stereocenters. The van der Waals surface area contributed by atoms with Gasteiger partial charge in [0.2, 0.25) is 21.7 Å². The highest BCUT2D eigenvalue weighted by Gasteiger charge is 2.37. The first kappa shape index (κ1) is 26.4. The number of halogens is 3. The van der Waals surface area contributed by atoms with E-state index in [0.29, 0.717) is 42.8 Å². The maximum Gasteiger partial charge on any atom is 0.416 e. The number of carbonyl (C=O) groups is 2. The molecule has 0 spiro atoms. The van der Waals surface area contributed by atoms with E-state index in [0.717, 1.165) is 16.4 Å². The van der Waals surface area contributed by atoms with E-state index < -0.39 is 39.6 Å². The maximum absolute atomic E-state index is 13.6.